The van der Waals surface area contributed by atoms with E-state index in [-0.39, 0.29) is 31.3 Å². The number of hydrogen-bond acceptors (Lipinski definition) is 7. The van der Waals surface area contributed by atoms with E-state index in [1.165, 1.54) is 128 Å². The highest BCUT2D eigenvalue weighted by molar-refractivity contribution is 7.45. The van der Waals surface area contributed by atoms with Gasteiger partial charge in [-0.2, -0.15) is 0 Å². The molecule has 0 aromatic heterocycles. The Hall–Kier alpha value is -2.81. The lowest BCUT2D eigenvalue weighted by Crippen LogP contribution is -2.47. The van der Waals surface area contributed by atoms with Crippen LogP contribution in [-0.2, 0) is 27.9 Å². The van der Waals surface area contributed by atoms with Gasteiger partial charge in [-0.25, -0.2) is 0 Å². The maximum atomic E-state index is 13.5. The Bertz CT molecular complexity index is 1580. The molecule has 0 aromatic carbocycles. The highest BCUT2D eigenvalue weighted by atomic mass is 31.2. The van der Waals surface area contributed by atoms with Crippen LogP contribution in [-0.4, -0.2) is 69.4 Å². The number of nitrogens with zero attached hydrogens (tertiary/aromatic N) is 1. The van der Waals surface area contributed by atoms with Gasteiger partial charge in [0.15, 0.2) is 0 Å². The van der Waals surface area contributed by atoms with E-state index in [0.29, 0.717) is 17.4 Å². The van der Waals surface area contributed by atoms with E-state index >= 15 is 0 Å². The number of carbonyl (C=O) groups excluding carboxylic acids is 2. The average molecular weight is 1080 g/mol. The number of ether oxygens (including phenoxy) is 1. The van der Waals surface area contributed by atoms with Crippen molar-refractivity contribution in [3.63, 3.8) is 0 Å². The number of hydrogen-bond donors (Lipinski definition) is 1. The Kier molecular flexibility index (Phi) is 53.5. The number of allylic oxidation sites excluding steroid dienone is 13. The summed E-state index contributed by atoms with van der Waals surface area (Å²) < 4.78 is 30.3. The summed E-state index contributed by atoms with van der Waals surface area (Å²) in [4.78, 5) is 40.0. The maximum absolute atomic E-state index is 13.5. The molecule has 3 atom stereocenters. The van der Waals surface area contributed by atoms with Gasteiger partial charge in [0.05, 0.1) is 33.8 Å². The van der Waals surface area contributed by atoms with Crippen molar-refractivity contribution >= 4 is 19.7 Å². The first-order chi connectivity index (χ1) is 36.9. The third-order valence-electron chi connectivity index (χ3n) is 13.6. The minimum absolute atomic E-state index is 0.0299. The van der Waals surface area contributed by atoms with Crippen molar-refractivity contribution in [2.75, 3.05) is 40.9 Å². The Morgan fingerprint density at radius 2 is 0.842 bits per heavy atom. The minimum atomic E-state index is -4.71. The molecular formula is C66H119N2O7P. The lowest BCUT2D eigenvalue weighted by Gasteiger charge is -2.30. The van der Waals surface area contributed by atoms with Crippen LogP contribution in [0.25, 0.3) is 0 Å². The molecule has 0 aliphatic heterocycles. The van der Waals surface area contributed by atoms with Crippen molar-refractivity contribution in [1.82, 2.24) is 5.32 Å². The largest absolute Gasteiger partial charge is 0.756 e. The molecule has 0 bridgehead atoms. The van der Waals surface area contributed by atoms with Gasteiger partial charge in [0.1, 0.15) is 19.3 Å². The Balaban J connectivity index is 5.29. The van der Waals surface area contributed by atoms with Crippen molar-refractivity contribution in [3.8, 4) is 0 Å². The molecule has 3 unspecified atom stereocenters. The third-order valence-corrected chi connectivity index (χ3v) is 14.6. The fraction of sp³-hybridized carbons (Fsp3) is 0.758. The van der Waals surface area contributed by atoms with Crippen molar-refractivity contribution in [1.29, 1.82) is 0 Å². The van der Waals surface area contributed by atoms with E-state index in [1.807, 2.05) is 33.3 Å². The van der Waals surface area contributed by atoms with Crippen LogP contribution in [0.4, 0.5) is 0 Å². The smallest absolute Gasteiger partial charge is 0.306 e. The van der Waals surface area contributed by atoms with E-state index in [4.69, 9.17) is 13.8 Å². The molecule has 0 saturated carbocycles. The second-order valence-electron chi connectivity index (χ2n) is 22.2. The molecule has 1 N–H and O–H groups in total. The third kappa shape index (κ3) is 55.9. The van der Waals surface area contributed by atoms with Crippen molar-refractivity contribution < 1.29 is 37.3 Å². The van der Waals surface area contributed by atoms with E-state index < -0.39 is 26.6 Å². The zero-order valence-electron chi connectivity index (χ0n) is 50.2. The number of amides is 1. The van der Waals surface area contributed by atoms with E-state index in [9.17, 15) is 19.0 Å². The van der Waals surface area contributed by atoms with Gasteiger partial charge in [-0.05, 0) is 83.1 Å². The van der Waals surface area contributed by atoms with Crippen molar-refractivity contribution in [2.45, 2.75) is 283 Å². The second-order valence-corrected chi connectivity index (χ2v) is 23.6. The predicted molar refractivity (Wildman–Crippen MR) is 325 cm³/mol. The highest BCUT2D eigenvalue weighted by Crippen LogP contribution is 2.38. The highest BCUT2D eigenvalue weighted by Gasteiger charge is 2.27. The predicted octanol–water partition coefficient (Wildman–Crippen LogP) is 18.8. The zero-order valence-corrected chi connectivity index (χ0v) is 51.1. The molecular weight excluding hydrogens is 964 g/mol. The standard InChI is InChI=1S/C66H119N2O7P/c1-7-10-13-16-19-22-25-28-30-31-32-33-34-35-36-37-38-40-43-46-49-52-55-58-65(69)67-63(62-74-76(71,72)73-61-60-68(4,5)6)64(57-54-51-48-45-42-39-27-24-21-18-15-12-9-3)75-66(70)59-56-53-50-47-44-41-29-26-23-20-17-14-11-8-2/h10,13,19,22,28,30,32-33,35-36,38,40,54,57,63-64H,7-9,11-12,14-18,20-21,23-27,29,31,34,37,39,41-53,55-56,58-62H2,1-6H3,(H-,67,69,71,72)/b13-10-,22-19-,30-28-,33-32-,36-35-,40-38-,57-54-. The van der Waals surface area contributed by atoms with Gasteiger partial charge < -0.3 is 28.5 Å². The van der Waals surface area contributed by atoms with Gasteiger partial charge in [-0.15, -0.1) is 0 Å². The molecule has 0 aliphatic rings. The first kappa shape index (κ1) is 73.2. The SMILES string of the molecule is CC/C=C\C/C=C\C/C=C\C/C=C\C/C=C\C/C=C\CCCCCCC(=O)NC(COP(=O)([O-])OCC[N+](C)(C)C)C(/C=C\CCCCCCCCCCCCC)OC(=O)CCCCCCCCCCCCCCCC. The zero-order chi connectivity index (χ0) is 55.7. The first-order valence-electron chi connectivity index (χ1n) is 31.4. The number of likely N-dealkylation sites (N-methyl/N-ethyl adjacent to an activating group) is 1. The minimum Gasteiger partial charge on any atom is -0.756 e. The normalized spacial score (nSPS) is 14.2. The molecule has 0 radical (unpaired) electrons. The number of quaternary nitrogens is 1. The van der Waals surface area contributed by atoms with Crippen LogP contribution < -0.4 is 10.2 Å². The van der Waals surface area contributed by atoms with Gasteiger partial charge in [0.2, 0.25) is 5.91 Å². The molecule has 0 fully saturated rings. The Morgan fingerprint density at radius 1 is 0.474 bits per heavy atom. The van der Waals surface area contributed by atoms with Crippen LogP contribution in [0, 0.1) is 0 Å². The number of unbranched alkanes of at least 4 members (excludes halogenated alkanes) is 28. The number of rotatable bonds is 56. The lowest BCUT2D eigenvalue weighted by molar-refractivity contribution is -0.870. The number of carbonyl (C=O) groups is 2. The summed E-state index contributed by atoms with van der Waals surface area (Å²) in [5.74, 6) is -0.567. The first-order valence-corrected chi connectivity index (χ1v) is 32.9. The van der Waals surface area contributed by atoms with Crippen LogP contribution in [0.2, 0.25) is 0 Å². The van der Waals surface area contributed by atoms with Crippen LogP contribution in [0.3, 0.4) is 0 Å². The number of phosphoric acid groups is 1. The molecule has 0 spiro atoms. The fourth-order valence-corrected chi connectivity index (χ4v) is 9.48. The Morgan fingerprint density at radius 3 is 1.26 bits per heavy atom. The number of esters is 1. The van der Waals surface area contributed by atoms with Crippen molar-refractivity contribution in [3.05, 3.63) is 85.1 Å². The van der Waals surface area contributed by atoms with E-state index in [1.54, 1.807) is 0 Å². The summed E-state index contributed by atoms with van der Waals surface area (Å²) in [7, 11) is 1.16. The molecule has 0 aromatic rings. The van der Waals surface area contributed by atoms with Crippen LogP contribution in [0.15, 0.2) is 85.1 Å². The van der Waals surface area contributed by atoms with Crippen LogP contribution >= 0.6 is 7.82 Å². The summed E-state index contributed by atoms with van der Waals surface area (Å²) in [5, 5.41) is 3.02. The molecule has 76 heavy (non-hydrogen) atoms. The summed E-state index contributed by atoms with van der Waals surface area (Å²) >= 11 is 0. The van der Waals surface area contributed by atoms with Crippen LogP contribution in [0.5, 0.6) is 0 Å². The summed E-state index contributed by atoms with van der Waals surface area (Å²) in [6.45, 7) is 6.72. The monoisotopic (exact) mass is 1080 g/mol. The summed E-state index contributed by atoms with van der Waals surface area (Å²) in [5.41, 5.74) is 0. The molecule has 0 heterocycles. The van der Waals surface area contributed by atoms with Gasteiger partial charge in [0, 0.05) is 12.8 Å². The number of nitrogens with one attached hydrogen (secondary N) is 1. The molecule has 10 heteroatoms. The van der Waals surface area contributed by atoms with Gasteiger partial charge >= 0.3 is 5.97 Å². The number of phosphoric ester groups is 1. The molecule has 9 nitrogen and oxygen atoms in total. The summed E-state index contributed by atoms with van der Waals surface area (Å²) in [6, 6.07) is -0.904. The van der Waals surface area contributed by atoms with Gasteiger partial charge in [0.25, 0.3) is 7.82 Å². The van der Waals surface area contributed by atoms with E-state index in [0.717, 1.165) is 103 Å². The average Bonchev–Trinajstić information content (AvgIpc) is 3.38. The molecule has 0 rings (SSSR count). The van der Waals surface area contributed by atoms with Crippen molar-refractivity contribution in [2.24, 2.45) is 0 Å². The summed E-state index contributed by atoms with van der Waals surface area (Å²) in [6.07, 6.45) is 72.6. The second kappa shape index (κ2) is 55.5. The van der Waals surface area contributed by atoms with Crippen LogP contribution in [0.1, 0.15) is 271 Å². The quantitative estimate of drug-likeness (QED) is 0.0212. The van der Waals surface area contributed by atoms with Gasteiger partial charge in [-0.3, -0.25) is 14.2 Å². The molecule has 0 aliphatic carbocycles. The molecule has 440 valence electrons. The maximum Gasteiger partial charge on any atom is 0.306 e. The Labute approximate surface area is 469 Å². The lowest BCUT2D eigenvalue weighted by atomic mass is 10.0. The molecule has 0 saturated heterocycles. The van der Waals surface area contributed by atoms with Gasteiger partial charge in [-0.1, -0.05) is 260 Å². The topological polar surface area (TPSA) is 114 Å². The molecule has 1 amide bonds. The van der Waals surface area contributed by atoms with E-state index in [2.05, 4.69) is 99.0 Å². The fourth-order valence-electron chi connectivity index (χ4n) is 8.76.